The van der Waals surface area contributed by atoms with Crippen molar-refractivity contribution in [3.05, 3.63) is 24.0 Å². The fourth-order valence-electron chi connectivity index (χ4n) is 1.06. The van der Waals surface area contributed by atoms with Crippen LogP contribution in [0.3, 0.4) is 0 Å². The Labute approximate surface area is 89.1 Å². The van der Waals surface area contributed by atoms with E-state index in [0.717, 1.165) is 0 Å². The first-order chi connectivity index (χ1) is 7.40. The summed E-state index contributed by atoms with van der Waals surface area (Å²) in [7, 11) is 0. The molecule has 0 saturated carbocycles. The number of carboxylic acid groups (broad SMARTS) is 1. The van der Waals surface area contributed by atoms with Crippen LogP contribution in [-0.2, 0) is 0 Å². The quantitative estimate of drug-likeness (QED) is 0.837. The van der Waals surface area contributed by atoms with E-state index in [1.807, 2.05) is 0 Å². The van der Waals surface area contributed by atoms with Crippen molar-refractivity contribution in [1.82, 2.24) is 4.98 Å². The summed E-state index contributed by atoms with van der Waals surface area (Å²) in [5.41, 5.74) is -0.0172. The molecule has 0 unspecified atom stereocenters. The van der Waals surface area contributed by atoms with E-state index in [9.17, 15) is 18.0 Å². The van der Waals surface area contributed by atoms with Gasteiger partial charge in [0.2, 0.25) is 0 Å². The molecule has 88 valence electrons. The van der Waals surface area contributed by atoms with E-state index in [2.05, 4.69) is 10.3 Å². The van der Waals surface area contributed by atoms with Crippen molar-refractivity contribution in [2.45, 2.75) is 12.6 Å². The summed E-state index contributed by atoms with van der Waals surface area (Å²) in [5, 5.41) is 11.1. The molecule has 0 aromatic carbocycles. The molecule has 0 amide bonds. The largest absolute Gasteiger partial charge is 0.478 e. The molecule has 16 heavy (non-hydrogen) atoms. The number of hydrogen-bond donors (Lipinski definition) is 2. The molecule has 1 heterocycles. The van der Waals surface area contributed by atoms with Crippen LogP contribution in [0.5, 0.6) is 0 Å². The molecular weight excluding hydrogens is 225 g/mol. The summed E-state index contributed by atoms with van der Waals surface area (Å²) in [5.74, 6) is -1.21. The number of halogens is 3. The number of carboxylic acids is 1. The molecule has 1 aromatic rings. The van der Waals surface area contributed by atoms with Crippen molar-refractivity contribution >= 4 is 11.7 Å². The normalized spacial score (nSPS) is 11.2. The van der Waals surface area contributed by atoms with Crippen LogP contribution >= 0.6 is 0 Å². The summed E-state index contributed by atoms with van der Waals surface area (Å²) in [6.45, 7) is -0.379. The van der Waals surface area contributed by atoms with Crippen molar-refractivity contribution in [3.63, 3.8) is 0 Å². The molecule has 0 fully saturated rings. The standard InChI is InChI=1S/C9H9F3N2O2/c10-9(11,12)2-4-14-7-5-13-3-1-6(7)8(15)16/h1,3,5,14H,2,4H2,(H,15,16). The molecule has 0 aliphatic rings. The van der Waals surface area contributed by atoms with E-state index in [1.165, 1.54) is 18.5 Å². The van der Waals surface area contributed by atoms with Crippen molar-refractivity contribution in [2.75, 3.05) is 11.9 Å². The van der Waals surface area contributed by atoms with E-state index in [4.69, 9.17) is 5.11 Å². The van der Waals surface area contributed by atoms with Gasteiger partial charge in [-0.1, -0.05) is 0 Å². The van der Waals surface area contributed by atoms with Crippen molar-refractivity contribution in [1.29, 1.82) is 0 Å². The highest BCUT2D eigenvalue weighted by Crippen LogP contribution is 2.20. The average Bonchev–Trinajstić information content (AvgIpc) is 2.16. The second-order valence-corrected chi connectivity index (χ2v) is 3.02. The summed E-state index contributed by atoms with van der Waals surface area (Å²) >= 11 is 0. The number of aromatic carboxylic acids is 1. The van der Waals surface area contributed by atoms with Crippen LogP contribution in [-0.4, -0.2) is 28.8 Å². The summed E-state index contributed by atoms with van der Waals surface area (Å²) < 4.78 is 35.5. The van der Waals surface area contributed by atoms with Crippen LogP contribution in [0, 0.1) is 0 Å². The number of alkyl halides is 3. The molecule has 1 rings (SSSR count). The molecule has 4 nitrogen and oxygen atoms in total. The smallest absolute Gasteiger partial charge is 0.390 e. The minimum Gasteiger partial charge on any atom is -0.478 e. The van der Waals surface area contributed by atoms with Gasteiger partial charge in [-0.3, -0.25) is 4.98 Å². The molecule has 0 saturated heterocycles. The van der Waals surface area contributed by atoms with E-state index in [1.54, 1.807) is 0 Å². The number of rotatable bonds is 4. The zero-order valence-corrected chi connectivity index (χ0v) is 8.08. The topological polar surface area (TPSA) is 62.2 Å². The third kappa shape index (κ3) is 3.76. The van der Waals surface area contributed by atoms with Crippen LogP contribution in [0.2, 0.25) is 0 Å². The lowest BCUT2D eigenvalue weighted by Gasteiger charge is -2.10. The molecule has 0 aliphatic heterocycles. The Morgan fingerprint density at radius 3 is 2.75 bits per heavy atom. The first kappa shape index (κ1) is 12.3. The zero-order chi connectivity index (χ0) is 12.2. The molecule has 0 spiro atoms. The van der Waals surface area contributed by atoms with Gasteiger partial charge in [-0.05, 0) is 6.07 Å². The van der Waals surface area contributed by atoms with Gasteiger partial charge < -0.3 is 10.4 Å². The molecule has 0 bridgehead atoms. The lowest BCUT2D eigenvalue weighted by atomic mass is 10.2. The van der Waals surface area contributed by atoms with Gasteiger partial charge in [0.05, 0.1) is 23.9 Å². The van der Waals surface area contributed by atoms with Crippen LogP contribution in [0.15, 0.2) is 18.5 Å². The molecule has 0 aliphatic carbocycles. The number of carbonyl (C=O) groups is 1. The highest BCUT2D eigenvalue weighted by atomic mass is 19.4. The average molecular weight is 234 g/mol. The second kappa shape index (κ2) is 4.82. The third-order valence-electron chi connectivity index (χ3n) is 1.78. The van der Waals surface area contributed by atoms with Gasteiger partial charge in [0.15, 0.2) is 0 Å². The predicted molar refractivity (Wildman–Crippen MR) is 50.4 cm³/mol. The van der Waals surface area contributed by atoms with Crippen LogP contribution in [0.4, 0.5) is 18.9 Å². The Kier molecular flexibility index (Phi) is 3.70. The van der Waals surface area contributed by atoms with E-state index in [-0.39, 0.29) is 17.8 Å². The van der Waals surface area contributed by atoms with E-state index in [0.29, 0.717) is 0 Å². The summed E-state index contributed by atoms with van der Waals surface area (Å²) in [4.78, 5) is 14.3. The molecule has 0 radical (unpaired) electrons. The Morgan fingerprint density at radius 1 is 1.50 bits per heavy atom. The van der Waals surface area contributed by atoms with Crippen molar-refractivity contribution < 1.29 is 23.1 Å². The zero-order valence-electron chi connectivity index (χ0n) is 8.08. The van der Waals surface area contributed by atoms with Gasteiger partial charge in [0.25, 0.3) is 0 Å². The monoisotopic (exact) mass is 234 g/mol. The molecule has 7 heteroatoms. The number of anilines is 1. The van der Waals surface area contributed by atoms with Crippen molar-refractivity contribution in [3.8, 4) is 0 Å². The summed E-state index contributed by atoms with van der Waals surface area (Å²) in [6.07, 6.45) is -2.85. The lowest BCUT2D eigenvalue weighted by molar-refractivity contribution is -0.131. The van der Waals surface area contributed by atoms with Gasteiger partial charge in [0.1, 0.15) is 0 Å². The fraction of sp³-hybridized carbons (Fsp3) is 0.333. The molecule has 1 aromatic heterocycles. The van der Waals surface area contributed by atoms with Crippen LogP contribution in [0.25, 0.3) is 0 Å². The summed E-state index contributed by atoms with van der Waals surface area (Å²) in [6, 6.07) is 1.22. The van der Waals surface area contributed by atoms with E-state index < -0.39 is 18.6 Å². The number of nitrogens with zero attached hydrogens (tertiary/aromatic N) is 1. The maximum absolute atomic E-state index is 11.8. The first-order valence-corrected chi connectivity index (χ1v) is 4.38. The third-order valence-corrected chi connectivity index (χ3v) is 1.78. The van der Waals surface area contributed by atoms with E-state index >= 15 is 0 Å². The molecular formula is C9H9F3N2O2. The highest BCUT2D eigenvalue weighted by Gasteiger charge is 2.26. The van der Waals surface area contributed by atoms with Gasteiger partial charge >= 0.3 is 12.1 Å². The second-order valence-electron chi connectivity index (χ2n) is 3.02. The van der Waals surface area contributed by atoms with Gasteiger partial charge in [0, 0.05) is 12.7 Å². The number of pyridine rings is 1. The fourth-order valence-corrected chi connectivity index (χ4v) is 1.06. The van der Waals surface area contributed by atoms with Crippen LogP contribution < -0.4 is 5.32 Å². The number of hydrogen-bond acceptors (Lipinski definition) is 3. The molecule has 2 N–H and O–H groups in total. The van der Waals surface area contributed by atoms with Crippen molar-refractivity contribution in [2.24, 2.45) is 0 Å². The highest BCUT2D eigenvalue weighted by molar-refractivity contribution is 5.93. The Morgan fingerprint density at radius 2 is 2.19 bits per heavy atom. The lowest BCUT2D eigenvalue weighted by Crippen LogP contribution is -2.16. The number of aromatic nitrogens is 1. The first-order valence-electron chi connectivity index (χ1n) is 4.38. The van der Waals surface area contributed by atoms with Gasteiger partial charge in [-0.2, -0.15) is 13.2 Å². The molecule has 0 atom stereocenters. The minimum absolute atomic E-state index is 0.0826. The maximum Gasteiger partial charge on any atom is 0.390 e. The van der Waals surface area contributed by atoms with Gasteiger partial charge in [-0.25, -0.2) is 4.79 Å². The Bertz CT molecular complexity index is 379. The van der Waals surface area contributed by atoms with Crippen LogP contribution in [0.1, 0.15) is 16.8 Å². The Hall–Kier alpha value is -1.79. The SMILES string of the molecule is O=C(O)c1ccncc1NCCC(F)(F)F. The predicted octanol–water partition coefficient (Wildman–Crippen LogP) is 2.14. The Balaban J connectivity index is 2.64. The minimum atomic E-state index is -4.27. The number of nitrogens with one attached hydrogen (secondary N) is 1. The maximum atomic E-state index is 11.8. The van der Waals surface area contributed by atoms with Gasteiger partial charge in [-0.15, -0.1) is 0 Å².